The molecule has 0 aromatic heterocycles. The monoisotopic (exact) mass is 395 g/mol. The van der Waals surface area contributed by atoms with E-state index in [1.54, 1.807) is 6.08 Å². The number of aliphatic imine (C=N–C) groups is 1. The summed E-state index contributed by atoms with van der Waals surface area (Å²) in [5.74, 6) is 0.959. The van der Waals surface area contributed by atoms with Gasteiger partial charge in [0.1, 0.15) is 19.0 Å². The molecule has 1 heterocycles. The van der Waals surface area contributed by atoms with Crippen LogP contribution in [-0.2, 0) is 4.74 Å². The van der Waals surface area contributed by atoms with Gasteiger partial charge in [-0.15, -0.1) is 0 Å². The van der Waals surface area contributed by atoms with Crippen molar-refractivity contribution in [3.8, 4) is 0 Å². The Labute approximate surface area is 177 Å². The minimum absolute atomic E-state index is 0.581. The van der Waals surface area contributed by atoms with Crippen molar-refractivity contribution in [2.75, 3.05) is 32.9 Å². The molecule has 0 unspecified atom stereocenters. The van der Waals surface area contributed by atoms with Crippen molar-refractivity contribution in [2.45, 2.75) is 46.0 Å². The van der Waals surface area contributed by atoms with E-state index in [0.29, 0.717) is 6.67 Å². The summed E-state index contributed by atoms with van der Waals surface area (Å²) in [6.07, 6.45) is 22.0. The zero-order chi connectivity index (χ0) is 20.7. The first kappa shape index (κ1) is 23.0. The molecule has 4 nitrogen and oxygen atoms in total. The SMILES string of the molecule is C=C/C=C\C(=C/CC)C/C(C)=N/CNC1=CCC=C(OCCN2CCCC2)C=C1. The van der Waals surface area contributed by atoms with E-state index in [2.05, 4.69) is 72.1 Å². The molecular formula is C25H37N3O. The molecule has 2 rings (SSSR count). The fourth-order valence-corrected chi connectivity index (χ4v) is 3.42. The standard InChI is InChI=1S/C25H37N3O/c1-4-6-11-23(10-5-2)20-22(3)26-21-27-24-12-9-13-25(15-14-24)29-19-18-28-16-7-8-17-28/h4,6,10-15,27H,1,5,7-9,16-21H2,2-3H3/b11-6-,23-10+,26-22+. The highest BCUT2D eigenvalue weighted by molar-refractivity contribution is 5.84. The number of hydrogen-bond donors (Lipinski definition) is 1. The van der Waals surface area contributed by atoms with Gasteiger partial charge in [0.25, 0.3) is 0 Å². The Morgan fingerprint density at radius 1 is 1.28 bits per heavy atom. The largest absolute Gasteiger partial charge is 0.493 e. The van der Waals surface area contributed by atoms with Crippen molar-refractivity contribution in [1.82, 2.24) is 10.2 Å². The lowest BCUT2D eigenvalue weighted by molar-refractivity contribution is 0.179. The summed E-state index contributed by atoms with van der Waals surface area (Å²) in [5.41, 5.74) is 3.49. The van der Waals surface area contributed by atoms with Crippen LogP contribution in [0.1, 0.15) is 46.0 Å². The Hall–Kier alpha value is -2.33. The molecule has 0 spiro atoms. The van der Waals surface area contributed by atoms with Gasteiger partial charge in [0.05, 0.1) is 0 Å². The molecule has 0 saturated carbocycles. The lowest BCUT2D eigenvalue weighted by Gasteiger charge is -2.15. The van der Waals surface area contributed by atoms with Crippen LogP contribution in [0.4, 0.5) is 0 Å². The van der Waals surface area contributed by atoms with E-state index in [1.165, 1.54) is 31.5 Å². The molecule has 1 aliphatic carbocycles. The molecule has 1 fully saturated rings. The summed E-state index contributed by atoms with van der Waals surface area (Å²) in [5, 5.41) is 3.40. The van der Waals surface area contributed by atoms with Crippen LogP contribution in [-0.4, -0.2) is 43.5 Å². The van der Waals surface area contributed by atoms with Crippen molar-refractivity contribution in [3.63, 3.8) is 0 Å². The summed E-state index contributed by atoms with van der Waals surface area (Å²) in [6.45, 7) is 12.8. The lowest BCUT2D eigenvalue weighted by atomic mass is 10.1. The van der Waals surface area contributed by atoms with Crippen molar-refractivity contribution in [3.05, 3.63) is 72.2 Å². The van der Waals surface area contributed by atoms with Crippen molar-refractivity contribution < 1.29 is 4.74 Å². The zero-order valence-corrected chi connectivity index (χ0v) is 18.2. The fraction of sp³-hybridized carbons (Fsp3) is 0.480. The molecule has 0 amide bonds. The molecule has 1 aliphatic heterocycles. The molecule has 0 radical (unpaired) electrons. The maximum atomic E-state index is 5.94. The van der Waals surface area contributed by atoms with E-state index in [0.717, 1.165) is 49.6 Å². The Morgan fingerprint density at radius 3 is 2.86 bits per heavy atom. The third-order valence-electron chi connectivity index (χ3n) is 4.96. The number of likely N-dealkylation sites (tertiary alicyclic amines) is 1. The molecule has 4 heteroatoms. The molecule has 2 aliphatic rings. The lowest BCUT2D eigenvalue weighted by Crippen LogP contribution is -2.23. The number of hydrogen-bond acceptors (Lipinski definition) is 4. The van der Waals surface area contributed by atoms with Crippen molar-refractivity contribution >= 4 is 5.71 Å². The van der Waals surface area contributed by atoms with E-state index in [-0.39, 0.29) is 0 Å². The molecule has 0 atom stereocenters. The second-order valence-electron chi connectivity index (χ2n) is 7.42. The highest BCUT2D eigenvalue weighted by Crippen LogP contribution is 2.12. The Bertz CT molecular complexity index is 689. The van der Waals surface area contributed by atoms with Crippen molar-refractivity contribution in [1.29, 1.82) is 0 Å². The third-order valence-corrected chi connectivity index (χ3v) is 4.96. The van der Waals surface area contributed by atoms with Crippen LogP contribution >= 0.6 is 0 Å². The van der Waals surface area contributed by atoms with E-state index in [9.17, 15) is 0 Å². The first-order valence-corrected chi connectivity index (χ1v) is 10.9. The van der Waals surface area contributed by atoms with E-state index >= 15 is 0 Å². The molecule has 1 N–H and O–H groups in total. The van der Waals surface area contributed by atoms with Gasteiger partial charge >= 0.3 is 0 Å². The maximum Gasteiger partial charge on any atom is 0.115 e. The van der Waals surface area contributed by atoms with Gasteiger partial charge in [-0.2, -0.15) is 0 Å². The Balaban J connectivity index is 1.72. The number of rotatable bonds is 12. The number of nitrogens with one attached hydrogen (secondary N) is 1. The average molecular weight is 396 g/mol. The predicted octanol–water partition coefficient (Wildman–Crippen LogP) is 5.30. The quantitative estimate of drug-likeness (QED) is 0.360. The second kappa shape index (κ2) is 13.8. The molecule has 0 aromatic rings. The van der Waals surface area contributed by atoms with Gasteiger partial charge in [-0.3, -0.25) is 9.89 Å². The van der Waals surface area contributed by atoms with Crippen LogP contribution in [0.5, 0.6) is 0 Å². The Morgan fingerprint density at radius 2 is 2.10 bits per heavy atom. The number of nitrogens with zero attached hydrogens (tertiary/aromatic N) is 2. The first-order chi connectivity index (χ1) is 14.2. The van der Waals surface area contributed by atoms with Crippen molar-refractivity contribution in [2.24, 2.45) is 4.99 Å². The number of allylic oxidation sites excluding steroid dienone is 9. The second-order valence-corrected chi connectivity index (χ2v) is 7.42. The molecule has 29 heavy (non-hydrogen) atoms. The van der Waals surface area contributed by atoms with Gasteiger partial charge in [0.15, 0.2) is 0 Å². The van der Waals surface area contributed by atoms with Gasteiger partial charge < -0.3 is 10.1 Å². The predicted molar refractivity (Wildman–Crippen MR) is 125 cm³/mol. The van der Waals surface area contributed by atoms with Gasteiger partial charge in [-0.1, -0.05) is 43.9 Å². The first-order valence-electron chi connectivity index (χ1n) is 10.9. The van der Waals surface area contributed by atoms with Gasteiger partial charge in [0, 0.05) is 24.4 Å². The van der Waals surface area contributed by atoms with Crippen LogP contribution < -0.4 is 5.32 Å². The van der Waals surface area contributed by atoms with Gasteiger partial charge in [-0.05, 0) is 69.5 Å². The van der Waals surface area contributed by atoms with E-state index in [1.807, 2.05) is 6.08 Å². The molecular weight excluding hydrogens is 358 g/mol. The van der Waals surface area contributed by atoms with Crippen LogP contribution in [0, 0.1) is 0 Å². The fourth-order valence-electron chi connectivity index (χ4n) is 3.42. The smallest absolute Gasteiger partial charge is 0.115 e. The summed E-state index contributed by atoms with van der Waals surface area (Å²) in [7, 11) is 0. The van der Waals surface area contributed by atoms with Crippen LogP contribution in [0.2, 0.25) is 0 Å². The minimum atomic E-state index is 0.581. The van der Waals surface area contributed by atoms with Crippen LogP contribution in [0.3, 0.4) is 0 Å². The highest BCUT2D eigenvalue weighted by Gasteiger charge is 2.10. The topological polar surface area (TPSA) is 36.9 Å². The van der Waals surface area contributed by atoms with E-state index < -0.39 is 0 Å². The normalized spacial score (nSPS) is 18.6. The van der Waals surface area contributed by atoms with Gasteiger partial charge in [0.2, 0.25) is 0 Å². The van der Waals surface area contributed by atoms with E-state index in [4.69, 9.17) is 4.74 Å². The molecule has 158 valence electrons. The Kier molecular flexibility index (Phi) is 10.9. The third kappa shape index (κ3) is 9.62. The minimum Gasteiger partial charge on any atom is -0.493 e. The van der Waals surface area contributed by atoms with Gasteiger partial charge in [-0.25, -0.2) is 0 Å². The van der Waals surface area contributed by atoms with Crippen LogP contribution in [0.15, 0.2) is 77.2 Å². The zero-order valence-electron chi connectivity index (χ0n) is 18.2. The summed E-state index contributed by atoms with van der Waals surface area (Å²) >= 11 is 0. The summed E-state index contributed by atoms with van der Waals surface area (Å²) in [4.78, 5) is 7.14. The average Bonchev–Trinajstić information content (AvgIpc) is 3.13. The number of ether oxygens (including phenoxy) is 1. The summed E-state index contributed by atoms with van der Waals surface area (Å²) in [6, 6.07) is 0. The highest BCUT2D eigenvalue weighted by atomic mass is 16.5. The summed E-state index contributed by atoms with van der Waals surface area (Å²) < 4.78 is 5.94. The van der Waals surface area contributed by atoms with Crippen LogP contribution in [0.25, 0.3) is 0 Å². The molecule has 1 saturated heterocycles. The molecule has 0 aromatic carbocycles. The molecule has 0 bridgehead atoms. The maximum absolute atomic E-state index is 5.94.